The second kappa shape index (κ2) is 6.16. The van der Waals surface area contributed by atoms with Gasteiger partial charge in [-0.15, -0.1) is 0 Å². The van der Waals surface area contributed by atoms with E-state index in [0.717, 1.165) is 0 Å². The first kappa shape index (κ1) is 15.1. The number of benzene rings is 2. The van der Waals surface area contributed by atoms with Crippen molar-refractivity contribution in [3.8, 4) is 17.2 Å². The van der Waals surface area contributed by atoms with E-state index in [-0.39, 0.29) is 24.6 Å². The van der Waals surface area contributed by atoms with Gasteiger partial charge in [0.1, 0.15) is 0 Å². The van der Waals surface area contributed by atoms with Crippen molar-refractivity contribution in [2.24, 2.45) is 0 Å². The first-order valence-corrected chi connectivity index (χ1v) is 7.20. The van der Waals surface area contributed by atoms with Crippen molar-refractivity contribution < 1.29 is 23.4 Å². The molecule has 0 fully saturated rings. The molecule has 0 atom stereocenters. The fourth-order valence-corrected chi connectivity index (χ4v) is 2.17. The highest BCUT2D eigenvalue weighted by Crippen LogP contribution is 2.32. The quantitative estimate of drug-likeness (QED) is 0.936. The van der Waals surface area contributed by atoms with E-state index in [1.807, 2.05) is 13.8 Å². The van der Waals surface area contributed by atoms with Crippen LogP contribution in [0.2, 0.25) is 0 Å². The first-order valence-electron chi connectivity index (χ1n) is 7.20. The number of halogens is 1. The molecule has 0 saturated carbocycles. The van der Waals surface area contributed by atoms with E-state index >= 15 is 0 Å². The molecule has 0 unspecified atom stereocenters. The van der Waals surface area contributed by atoms with Gasteiger partial charge in [0.15, 0.2) is 23.1 Å². The maximum Gasteiger partial charge on any atom is 0.255 e. The molecule has 23 heavy (non-hydrogen) atoms. The van der Waals surface area contributed by atoms with E-state index in [1.165, 1.54) is 12.1 Å². The second-order valence-corrected chi connectivity index (χ2v) is 5.33. The number of ether oxygens (including phenoxy) is 3. The number of amides is 1. The Bertz CT molecular complexity index is 745. The third-order valence-corrected chi connectivity index (χ3v) is 3.19. The summed E-state index contributed by atoms with van der Waals surface area (Å²) in [5.74, 6) is 0.385. The Morgan fingerprint density at radius 2 is 1.96 bits per heavy atom. The molecule has 2 aromatic carbocycles. The largest absolute Gasteiger partial charge is 0.488 e. The summed E-state index contributed by atoms with van der Waals surface area (Å²) >= 11 is 0. The van der Waals surface area contributed by atoms with Crippen LogP contribution < -0.4 is 19.5 Å². The predicted molar refractivity (Wildman–Crippen MR) is 82.7 cm³/mol. The minimum Gasteiger partial charge on any atom is -0.488 e. The van der Waals surface area contributed by atoms with Crippen LogP contribution in [0.3, 0.4) is 0 Å². The summed E-state index contributed by atoms with van der Waals surface area (Å²) in [6.07, 6.45) is -0.126. The average Bonchev–Trinajstić information content (AvgIpc) is 2.97. The Morgan fingerprint density at radius 3 is 2.70 bits per heavy atom. The van der Waals surface area contributed by atoms with Crippen LogP contribution >= 0.6 is 0 Å². The lowest BCUT2D eigenvalue weighted by Crippen LogP contribution is -2.12. The summed E-state index contributed by atoms with van der Waals surface area (Å²) in [4.78, 5) is 12.2. The molecular formula is C17H16FNO4. The molecule has 5 nitrogen and oxygen atoms in total. The van der Waals surface area contributed by atoms with Crippen LogP contribution in [-0.2, 0) is 0 Å². The zero-order valence-corrected chi connectivity index (χ0v) is 12.8. The molecule has 0 spiro atoms. The van der Waals surface area contributed by atoms with Gasteiger partial charge in [-0.1, -0.05) is 0 Å². The van der Waals surface area contributed by atoms with E-state index in [9.17, 15) is 9.18 Å². The van der Waals surface area contributed by atoms with E-state index < -0.39 is 5.82 Å². The number of anilines is 1. The van der Waals surface area contributed by atoms with Crippen molar-refractivity contribution in [1.82, 2.24) is 0 Å². The lowest BCUT2D eigenvalue weighted by atomic mass is 10.2. The molecule has 1 amide bonds. The van der Waals surface area contributed by atoms with Gasteiger partial charge in [0.05, 0.1) is 6.10 Å². The van der Waals surface area contributed by atoms with Crippen LogP contribution in [0, 0.1) is 5.82 Å². The summed E-state index contributed by atoms with van der Waals surface area (Å²) in [5, 5.41) is 2.64. The summed E-state index contributed by atoms with van der Waals surface area (Å²) in [5.41, 5.74) is 0.749. The average molecular weight is 317 g/mol. The van der Waals surface area contributed by atoms with Crippen LogP contribution in [-0.4, -0.2) is 18.8 Å². The molecule has 0 aromatic heterocycles. The molecule has 120 valence electrons. The fraction of sp³-hybridized carbons (Fsp3) is 0.235. The minimum absolute atomic E-state index is 0.126. The first-order chi connectivity index (χ1) is 11.0. The minimum atomic E-state index is -0.526. The van der Waals surface area contributed by atoms with Crippen molar-refractivity contribution in [2.75, 3.05) is 12.1 Å². The van der Waals surface area contributed by atoms with Gasteiger partial charge in [-0.25, -0.2) is 4.39 Å². The van der Waals surface area contributed by atoms with E-state index in [1.54, 1.807) is 24.3 Å². The number of nitrogens with one attached hydrogen (secondary N) is 1. The van der Waals surface area contributed by atoms with E-state index in [4.69, 9.17) is 14.2 Å². The standard InChI is InChI=1S/C17H16FNO4/c1-10(2)23-14-6-4-12(8-13(14)18)19-17(20)11-3-5-15-16(7-11)22-9-21-15/h3-8,10H,9H2,1-2H3,(H,19,20). The van der Waals surface area contributed by atoms with Crippen molar-refractivity contribution in [3.63, 3.8) is 0 Å². The van der Waals surface area contributed by atoms with Crippen LogP contribution in [0.1, 0.15) is 24.2 Å². The molecular weight excluding hydrogens is 301 g/mol. The molecule has 1 N–H and O–H groups in total. The number of hydrogen-bond acceptors (Lipinski definition) is 4. The summed E-state index contributed by atoms with van der Waals surface area (Å²) in [7, 11) is 0. The van der Waals surface area contributed by atoms with Crippen molar-refractivity contribution in [3.05, 3.63) is 47.8 Å². The molecule has 1 heterocycles. The van der Waals surface area contributed by atoms with Crippen LogP contribution in [0.5, 0.6) is 17.2 Å². The van der Waals surface area contributed by atoms with Gasteiger partial charge in [0.25, 0.3) is 5.91 Å². The second-order valence-electron chi connectivity index (χ2n) is 5.33. The molecule has 0 aliphatic carbocycles. The van der Waals surface area contributed by atoms with Crippen LogP contribution in [0.25, 0.3) is 0 Å². The number of hydrogen-bond donors (Lipinski definition) is 1. The predicted octanol–water partition coefficient (Wildman–Crippen LogP) is 3.59. The zero-order chi connectivity index (χ0) is 16.4. The molecule has 3 rings (SSSR count). The molecule has 1 aliphatic heterocycles. The monoisotopic (exact) mass is 317 g/mol. The van der Waals surface area contributed by atoms with E-state index in [0.29, 0.717) is 22.7 Å². The van der Waals surface area contributed by atoms with Crippen molar-refractivity contribution in [2.45, 2.75) is 20.0 Å². The molecule has 0 radical (unpaired) electrons. The lowest BCUT2D eigenvalue weighted by Gasteiger charge is -2.12. The normalized spacial score (nSPS) is 12.3. The smallest absolute Gasteiger partial charge is 0.255 e. The maximum absolute atomic E-state index is 13.9. The lowest BCUT2D eigenvalue weighted by molar-refractivity contribution is 0.102. The molecule has 2 aromatic rings. The summed E-state index contributed by atoms with van der Waals surface area (Å²) in [6.45, 7) is 3.77. The van der Waals surface area contributed by atoms with Gasteiger partial charge in [0.2, 0.25) is 6.79 Å². The third kappa shape index (κ3) is 3.36. The third-order valence-electron chi connectivity index (χ3n) is 3.19. The summed E-state index contributed by atoms with van der Waals surface area (Å²) < 4.78 is 29.7. The number of carbonyl (C=O) groups is 1. The van der Waals surface area contributed by atoms with Gasteiger partial charge < -0.3 is 19.5 Å². The van der Waals surface area contributed by atoms with Gasteiger partial charge in [-0.2, -0.15) is 0 Å². The fourth-order valence-electron chi connectivity index (χ4n) is 2.17. The highest BCUT2D eigenvalue weighted by molar-refractivity contribution is 6.04. The van der Waals surface area contributed by atoms with Gasteiger partial charge in [-0.05, 0) is 44.2 Å². The highest BCUT2D eigenvalue weighted by atomic mass is 19.1. The molecule has 0 saturated heterocycles. The van der Waals surface area contributed by atoms with Crippen LogP contribution in [0.4, 0.5) is 10.1 Å². The molecule has 0 bridgehead atoms. The number of carbonyl (C=O) groups excluding carboxylic acids is 1. The molecule has 1 aliphatic rings. The van der Waals surface area contributed by atoms with Gasteiger partial charge in [-0.3, -0.25) is 4.79 Å². The van der Waals surface area contributed by atoms with Crippen molar-refractivity contribution >= 4 is 11.6 Å². The Labute approximate surface area is 133 Å². The zero-order valence-electron chi connectivity index (χ0n) is 12.8. The Hall–Kier alpha value is -2.76. The van der Waals surface area contributed by atoms with Gasteiger partial charge in [0, 0.05) is 17.3 Å². The number of fused-ring (bicyclic) bond motifs is 1. The van der Waals surface area contributed by atoms with Crippen molar-refractivity contribution in [1.29, 1.82) is 0 Å². The topological polar surface area (TPSA) is 56.8 Å². The van der Waals surface area contributed by atoms with E-state index in [2.05, 4.69) is 5.32 Å². The Morgan fingerprint density at radius 1 is 1.17 bits per heavy atom. The summed E-state index contributed by atoms with van der Waals surface area (Å²) in [6, 6.07) is 9.18. The maximum atomic E-state index is 13.9. The molecule has 6 heteroatoms. The Balaban J connectivity index is 1.74. The van der Waals surface area contributed by atoms with Gasteiger partial charge >= 0.3 is 0 Å². The Kier molecular flexibility index (Phi) is 4.06. The number of rotatable bonds is 4. The van der Waals surface area contributed by atoms with Crippen LogP contribution in [0.15, 0.2) is 36.4 Å². The SMILES string of the molecule is CC(C)Oc1ccc(NC(=O)c2ccc3c(c2)OCO3)cc1F. The highest BCUT2D eigenvalue weighted by Gasteiger charge is 2.16.